The van der Waals surface area contributed by atoms with Crippen molar-refractivity contribution < 1.29 is 9.90 Å². The lowest BCUT2D eigenvalue weighted by Gasteiger charge is -2.16. The molecule has 0 aliphatic rings. The van der Waals surface area contributed by atoms with Crippen LogP contribution in [0.4, 0.5) is 0 Å². The number of alkyl halides is 1. The molecule has 0 aliphatic heterocycles. The van der Waals surface area contributed by atoms with Crippen molar-refractivity contribution in [2.24, 2.45) is 0 Å². The van der Waals surface area contributed by atoms with Crippen LogP contribution in [0.5, 0.6) is 0 Å². The molecule has 66 valence electrons. The van der Waals surface area contributed by atoms with Crippen molar-refractivity contribution >= 4 is 17.5 Å². The number of nitrogens with one attached hydrogen (secondary N) is 1. The molecule has 0 aromatic rings. The molecule has 0 aliphatic carbocycles. The highest BCUT2D eigenvalue weighted by atomic mass is 35.5. The standard InChI is InChI=1S/C7H14ClNO2/c1-7(2,11)3-4-9-6(10)5-8/h11H,3-5H2,1-2H3,(H,9,10). The van der Waals surface area contributed by atoms with Gasteiger partial charge in [-0.05, 0) is 20.3 Å². The molecule has 2 N–H and O–H groups in total. The van der Waals surface area contributed by atoms with Crippen molar-refractivity contribution in [3.05, 3.63) is 0 Å². The molecule has 0 atom stereocenters. The Bertz CT molecular complexity index is 131. The quantitative estimate of drug-likeness (QED) is 0.618. The first-order valence-corrected chi connectivity index (χ1v) is 4.04. The van der Waals surface area contributed by atoms with Gasteiger partial charge in [0, 0.05) is 6.54 Å². The molecular weight excluding hydrogens is 166 g/mol. The van der Waals surface area contributed by atoms with Crippen LogP contribution < -0.4 is 5.32 Å². The van der Waals surface area contributed by atoms with Crippen molar-refractivity contribution in [2.45, 2.75) is 25.9 Å². The van der Waals surface area contributed by atoms with Crippen LogP contribution >= 0.6 is 11.6 Å². The van der Waals surface area contributed by atoms with Gasteiger partial charge >= 0.3 is 0 Å². The highest BCUT2D eigenvalue weighted by Gasteiger charge is 2.11. The SMILES string of the molecule is CC(C)(O)CCNC(=O)CCl. The number of halogens is 1. The van der Waals surface area contributed by atoms with E-state index in [0.29, 0.717) is 13.0 Å². The summed E-state index contributed by atoms with van der Waals surface area (Å²) in [6, 6.07) is 0. The Morgan fingerprint density at radius 3 is 2.55 bits per heavy atom. The van der Waals surface area contributed by atoms with Gasteiger partial charge < -0.3 is 10.4 Å². The van der Waals surface area contributed by atoms with Gasteiger partial charge in [0.2, 0.25) is 5.91 Å². The van der Waals surface area contributed by atoms with E-state index in [9.17, 15) is 9.90 Å². The Morgan fingerprint density at radius 2 is 2.18 bits per heavy atom. The Labute approximate surface area is 71.7 Å². The van der Waals surface area contributed by atoms with Crippen LogP contribution in [-0.2, 0) is 4.79 Å². The van der Waals surface area contributed by atoms with Gasteiger partial charge in [-0.3, -0.25) is 4.79 Å². The van der Waals surface area contributed by atoms with E-state index in [1.54, 1.807) is 13.8 Å². The second-order valence-corrected chi connectivity index (χ2v) is 3.31. The van der Waals surface area contributed by atoms with Crippen molar-refractivity contribution in [1.82, 2.24) is 5.32 Å². The minimum absolute atomic E-state index is 0.0220. The van der Waals surface area contributed by atoms with Crippen molar-refractivity contribution in [1.29, 1.82) is 0 Å². The summed E-state index contributed by atoms with van der Waals surface area (Å²) in [6.45, 7) is 3.86. The molecule has 0 unspecified atom stereocenters. The lowest BCUT2D eigenvalue weighted by atomic mass is 10.1. The number of amides is 1. The molecule has 0 bridgehead atoms. The lowest BCUT2D eigenvalue weighted by Crippen LogP contribution is -2.31. The van der Waals surface area contributed by atoms with Crippen LogP contribution in [0, 0.1) is 0 Å². The van der Waals surface area contributed by atoms with Crippen LogP contribution in [0.1, 0.15) is 20.3 Å². The predicted octanol–water partition coefficient (Wildman–Crippen LogP) is 0.502. The van der Waals surface area contributed by atoms with Crippen molar-refractivity contribution in [2.75, 3.05) is 12.4 Å². The molecule has 0 spiro atoms. The molecular formula is C7H14ClNO2. The molecule has 0 fully saturated rings. The number of rotatable bonds is 4. The predicted molar refractivity (Wildman–Crippen MR) is 44.6 cm³/mol. The number of hydrogen-bond acceptors (Lipinski definition) is 2. The monoisotopic (exact) mass is 179 g/mol. The van der Waals surface area contributed by atoms with Gasteiger partial charge in [0.1, 0.15) is 5.88 Å². The molecule has 4 heteroatoms. The number of aliphatic hydroxyl groups is 1. The Morgan fingerprint density at radius 1 is 1.64 bits per heavy atom. The maximum atomic E-state index is 10.6. The van der Waals surface area contributed by atoms with Gasteiger partial charge in [-0.25, -0.2) is 0 Å². The first kappa shape index (κ1) is 10.7. The first-order valence-electron chi connectivity index (χ1n) is 3.51. The molecule has 11 heavy (non-hydrogen) atoms. The molecule has 0 saturated carbocycles. The third-order valence-electron chi connectivity index (χ3n) is 1.18. The van der Waals surface area contributed by atoms with E-state index < -0.39 is 5.60 Å². The number of carbonyl (C=O) groups is 1. The molecule has 0 aromatic heterocycles. The summed E-state index contributed by atoms with van der Waals surface area (Å²) in [4.78, 5) is 10.6. The fourth-order valence-electron chi connectivity index (χ4n) is 0.555. The summed E-state index contributed by atoms with van der Waals surface area (Å²) in [7, 11) is 0. The normalized spacial score (nSPS) is 11.3. The zero-order valence-electron chi connectivity index (χ0n) is 6.85. The van der Waals surface area contributed by atoms with Crippen LogP contribution in [0.15, 0.2) is 0 Å². The summed E-state index contributed by atoms with van der Waals surface area (Å²) < 4.78 is 0. The van der Waals surface area contributed by atoms with Crippen molar-refractivity contribution in [3.8, 4) is 0 Å². The topological polar surface area (TPSA) is 49.3 Å². The summed E-state index contributed by atoms with van der Waals surface area (Å²) in [5.74, 6) is -0.220. The molecule has 0 aromatic carbocycles. The smallest absolute Gasteiger partial charge is 0.234 e. The molecule has 3 nitrogen and oxygen atoms in total. The second kappa shape index (κ2) is 4.57. The second-order valence-electron chi connectivity index (χ2n) is 3.05. The lowest BCUT2D eigenvalue weighted by molar-refractivity contribution is -0.118. The fraction of sp³-hybridized carbons (Fsp3) is 0.857. The third kappa shape index (κ3) is 7.62. The highest BCUT2D eigenvalue weighted by molar-refractivity contribution is 6.27. The first-order chi connectivity index (χ1) is 4.95. The average molecular weight is 180 g/mol. The molecule has 0 heterocycles. The van der Waals surface area contributed by atoms with Gasteiger partial charge in [0.15, 0.2) is 0 Å². The fourth-order valence-corrected chi connectivity index (χ4v) is 0.650. The highest BCUT2D eigenvalue weighted by Crippen LogP contribution is 2.04. The van der Waals surface area contributed by atoms with E-state index in [-0.39, 0.29) is 11.8 Å². The molecule has 1 amide bonds. The summed E-state index contributed by atoms with van der Waals surface area (Å²) in [5.41, 5.74) is -0.723. The van der Waals surface area contributed by atoms with Gasteiger partial charge in [0.25, 0.3) is 0 Å². The summed E-state index contributed by atoms with van der Waals surface area (Å²) in [6.07, 6.45) is 0.537. The van der Waals surface area contributed by atoms with Crippen molar-refractivity contribution in [3.63, 3.8) is 0 Å². The summed E-state index contributed by atoms with van der Waals surface area (Å²) in [5, 5.41) is 11.8. The third-order valence-corrected chi connectivity index (χ3v) is 1.42. The summed E-state index contributed by atoms with van der Waals surface area (Å²) >= 11 is 5.23. The van der Waals surface area contributed by atoms with Crippen LogP contribution in [0.25, 0.3) is 0 Å². The van der Waals surface area contributed by atoms with E-state index in [1.807, 2.05) is 0 Å². The van der Waals surface area contributed by atoms with Gasteiger partial charge in [-0.2, -0.15) is 0 Å². The molecule has 0 rings (SSSR count). The largest absolute Gasteiger partial charge is 0.390 e. The number of carbonyl (C=O) groups excluding carboxylic acids is 1. The zero-order chi connectivity index (χ0) is 8.91. The zero-order valence-corrected chi connectivity index (χ0v) is 7.61. The van der Waals surface area contributed by atoms with E-state index in [1.165, 1.54) is 0 Å². The minimum atomic E-state index is -0.723. The molecule has 0 saturated heterocycles. The minimum Gasteiger partial charge on any atom is -0.390 e. The van der Waals surface area contributed by atoms with Crippen LogP contribution in [-0.4, -0.2) is 29.0 Å². The van der Waals surface area contributed by atoms with E-state index in [2.05, 4.69) is 5.32 Å². The van der Waals surface area contributed by atoms with E-state index in [0.717, 1.165) is 0 Å². The maximum absolute atomic E-state index is 10.6. The van der Waals surface area contributed by atoms with Gasteiger partial charge in [-0.1, -0.05) is 0 Å². The van der Waals surface area contributed by atoms with Crippen LogP contribution in [0.3, 0.4) is 0 Å². The Kier molecular flexibility index (Phi) is 4.45. The maximum Gasteiger partial charge on any atom is 0.234 e. The average Bonchev–Trinajstić information content (AvgIpc) is 1.85. The Balaban J connectivity index is 3.35. The van der Waals surface area contributed by atoms with E-state index >= 15 is 0 Å². The van der Waals surface area contributed by atoms with E-state index in [4.69, 9.17) is 11.6 Å². The number of hydrogen-bond donors (Lipinski definition) is 2. The Hall–Kier alpha value is -0.280. The van der Waals surface area contributed by atoms with Gasteiger partial charge in [0.05, 0.1) is 5.60 Å². The molecule has 0 radical (unpaired) electrons. The van der Waals surface area contributed by atoms with Gasteiger partial charge in [-0.15, -0.1) is 11.6 Å². The van der Waals surface area contributed by atoms with Crippen LogP contribution in [0.2, 0.25) is 0 Å².